The monoisotopic (exact) mass is 677 g/mol. The molecule has 0 amide bonds. The van der Waals surface area contributed by atoms with Crippen molar-refractivity contribution in [3.8, 4) is 67.4 Å². The molecule has 7 aromatic carbocycles. The first-order valence-electron chi connectivity index (χ1n) is 18.2. The molecule has 0 saturated heterocycles. The van der Waals surface area contributed by atoms with Gasteiger partial charge in [-0.3, -0.25) is 4.98 Å². The molecular formula is C50H35N3. The van der Waals surface area contributed by atoms with Crippen LogP contribution in [0.15, 0.2) is 176 Å². The minimum absolute atomic E-state index is 0.112. The summed E-state index contributed by atoms with van der Waals surface area (Å²) in [7, 11) is 0. The van der Waals surface area contributed by atoms with Gasteiger partial charge in [0, 0.05) is 33.9 Å². The number of fused-ring (bicyclic) bond motifs is 5. The second-order valence-electron chi connectivity index (χ2n) is 14.4. The van der Waals surface area contributed by atoms with Crippen molar-refractivity contribution < 1.29 is 0 Å². The fraction of sp³-hybridized carbons (Fsp3) is 0.0600. The van der Waals surface area contributed by atoms with E-state index >= 15 is 0 Å². The first-order chi connectivity index (χ1) is 26.0. The fourth-order valence-corrected chi connectivity index (χ4v) is 8.28. The average molecular weight is 678 g/mol. The second-order valence-corrected chi connectivity index (χ2v) is 14.4. The smallest absolute Gasteiger partial charge is 0.160 e. The Morgan fingerprint density at radius 3 is 1.83 bits per heavy atom. The Hall–Kier alpha value is -6.71. The molecule has 3 heteroatoms. The van der Waals surface area contributed by atoms with Gasteiger partial charge >= 0.3 is 0 Å². The van der Waals surface area contributed by atoms with E-state index in [1.165, 1.54) is 49.5 Å². The zero-order valence-electron chi connectivity index (χ0n) is 29.6. The predicted molar refractivity (Wildman–Crippen MR) is 220 cm³/mol. The Morgan fingerprint density at radius 2 is 1.04 bits per heavy atom. The van der Waals surface area contributed by atoms with Gasteiger partial charge in [0.15, 0.2) is 5.82 Å². The summed E-state index contributed by atoms with van der Waals surface area (Å²) >= 11 is 0. The molecule has 1 aliphatic carbocycles. The minimum Gasteiger partial charge on any atom is -0.256 e. The van der Waals surface area contributed by atoms with Crippen LogP contribution < -0.4 is 0 Å². The van der Waals surface area contributed by atoms with Gasteiger partial charge in [-0.2, -0.15) is 0 Å². The minimum atomic E-state index is -0.112. The van der Waals surface area contributed by atoms with Crippen molar-refractivity contribution in [3.63, 3.8) is 0 Å². The molecule has 2 aromatic heterocycles. The standard InChI is InChI=1S/C50H35N3/c1-50(2)43-23-13-22-41(48(43)42-29-33-16-6-7-17-34(33)30-44(42)50)39-25-26-40(38-21-9-8-20-37(38)39)47-31-46(52-49(53-47)32-14-4-3-5-15-32)36-19-12-18-35(28-36)45-24-10-11-27-51-45/h3-31H,1-2H3. The zero-order chi connectivity index (χ0) is 35.5. The third kappa shape index (κ3) is 5.16. The Morgan fingerprint density at radius 1 is 0.396 bits per heavy atom. The lowest BCUT2D eigenvalue weighted by Crippen LogP contribution is -2.14. The molecule has 3 nitrogen and oxygen atoms in total. The molecule has 0 saturated carbocycles. The van der Waals surface area contributed by atoms with Crippen LogP contribution in [0.2, 0.25) is 0 Å². The van der Waals surface area contributed by atoms with Crippen LogP contribution >= 0.6 is 0 Å². The number of aromatic nitrogens is 3. The van der Waals surface area contributed by atoms with Gasteiger partial charge in [-0.05, 0) is 91.3 Å². The van der Waals surface area contributed by atoms with E-state index < -0.39 is 0 Å². The van der Waals surface area contributed by atoms with Crippen LogP contribution in [-0.2, 0) is 5.41 Å². The molecule has 9 aromatic rings. The molecule has 0 spiro atoms. The van der Waals surface area contributed by atoms with Gasteiger partial charge in [0.2, 0.25) is 0 Å². The van der Waals surface area contributed by atoms with E-state index in [1.54, 1.807) is 0 Å². The summed E-state index contributed by atoms with van der Waals surface area (Å²) in [6.07, 6.45) is 1.83. The largest absolute Gasteiger partial charge is 0.256 e. The van der Waals surface area contributed by atoms with Crippen molar-refractivity contribution >= 4 is 21.5 Å². The molecule has 250 valence electrons. The first kappa shape index (κ1) is 31.1. The quantitative estimate of drug-likeness (QED) is 0.182. The van der Waals surface area contributed by atoms with E-state index in [0.29, 0.717) is 5.82 Å². The highest BCUT2D eigenvalue weighted by Gasteiger charge is 2.37. The van der Waals surface area contributed by atoms with Gasteiger partial charge in [0.05, 0.1) is 17.1 Å². The summed E-state index contributed by atoms with van der Waals surface area (Å²) in [5.74, 6) is 0.696. The van der Waals surface area contributed by atoms with Crippen LogP contribution in [0.4, 0.5) is 0 Å². The number of hydrogen-bond donors (Lipinski definition) is 0. The summed E-state index contributed by atoms with van der Waals surface area (Å²) in [5.41, 5.74) is 14.6. The summed E-state index contributed by atoms with van der Waals surface area (Å²) in [6, 6.07) is 60.5. The summed E-state index contributed by atoms with van der Waals surface area (Å²) < 4.78 is 0. The molecule has 0 fully saturated rings. The van der Waals surface area contributed by atoms with Gasteiger partial charge in [-0.1, -0.05) is 147 Å². The maximum absolute atomic E-state index is 5.24. The number of nitrogens with zero attached hydrogens (tertiary/aromatic N) is 3. The van der Waals surface area contributed by atoms with E-state index in [4.69, 9.17) is 9.97 Å². The zero-order valence-corrected chi connectivity index (χ0v) is 29.6. The lowest BCUT2D eigenvalue weighted by Gasteiger charge is -2.22. The van der Waals surface area contributed by atoms with Crippen molar-refractivity contribution in [2.24, 2.45) is 0 Å². The van der Waals surface area contributed by atoms with Crippen LogP contribution in [0.1, 0.15) is 25.0 Å². The fourth-order valence-electron chi connectivity index (χ4n) is 8.28. The average Bonchev–Trinajstić information content (AvgIpc) is 3.45. The highest BCUT2D eigenvalue weighted by Crippen LogP contribution is 2.54. The normalized spacial score (nSPS) is 12.9. The van der Waals surface area contributed by atoms with E-state index in [-0.39, 0.29) is 5.41 Å². The Labute approximate surface area is 309 Å². The molecule has 0 radical (unpaired) electrons. The van der Waals surface area contributed by atoms with Gasteiger partial charge in [0.1, 0.15) is 0 Å². The van der Waals surface area contributed by atoms with Gasteiger partial charge in [-0.15, -0.1) is 0 Å². The molecular weight excluding hydrogens is 643 g/mol. The Bertz CT molecular complexity index is 2860. The molecule has 0 N–H and O–H groups in total. The van der Waals surface area contributed by atoms with Gasteiger partial charge in [-0.25, -0.2) is 9.97 Å². The van der Waals surface area contributed by atoms with Crippen molar-refractivity contribution in [1.29, 1.82) is 0 Å². The maximum Gasteiger partial charge on any atom is 0.160 e. The second kappa shape index (κ2) is 12.2. The maximum atomic E-state index is 5.24. The predicted octanol–water partition coefficient (Wildman–Crippen LogP) is 12.8. The summed E-state index contributed by atoms with van der Waals surface area (Å²) in [4.78, 5) is 15.0. The van der Waals surface area contributed by atoms with Crippen molar-refractivity contribution in [3.05, 3.63) is 187 Å². The number of rotatable bonds is 5. The third-order valence-electron chi connectivity index (χ3n) is 10.9. The highest BCUT2D eigenvalue weighted by atomic mass is 14.9. The van der Waals surface area contributed by atoms with Gasteiger partial charge in [0.25, 0.3) is 0 Å². The molecule has 0 unspecified atom stereocenters. The highest BCUT2D eigenvalue weighted by molar-refractivity contribution is 6.08. The van der Waals surface area contributed by atoms with Crippen LogP contribution in [0.3, 0.4) is 0 Å². The number of benzene rings is 7. The van der Waals surface area contributed by atoms with E-state index in [1.807, 2.05) is 42.6 Å². The molecule has 2 heterocycles. The molecule has 0 atom stereocenters. The molecule has 0 aliphatic heterocycles. The van der Waals surface area contributed by atoms with Crippen molar-refractivity contribution in [2.45, 2.75) is 19.3 Å². The molecule has 10 rings (SSSR count). The Kier molecular flexibility index (Phi) is 7.16. The Balaban J connectivity index is 1.17. The molecule has 0 bridgehead atoms. The van der Waals surface area contributed by atoms with Crippen LogP contribution in [0, 0.1) is 0 Å². The van der Waals surface area contributed by atoms with E-state index in [9.17, 15) is 0 Å². The van der Waals surface area contributed by atoms with Crippen LogP contribution in [0.25, 0.3) is 89.0 Å². The van der Waals surface area contributed by atoms with Crippen LogP contribution in [0.5, 0.6) is 0 Å². The van der Waals surface area contributed by atoms with E-state index in [2.05, 4.69) is 152 Å². The van der Waals surface area contributed by atoms with Crippen molar-refractivity contribution in [2.75, 3.05) is 0 Å². The first-order valence-corrected chi connectivity index (χ1v) is 18.2. The third-order valence-corrected chi connectivity index (χ3v) is 10.9. The van der Waals surface area contributed by atoms with Crippen LogP contribution in [-0.4, -0.2) is 15.0 Å². The lowest BCUT2D eigenvalue weighted by atomic mass is 9.81. The van der Waals surface area contributed by atoms with Gasteiger partial charge < -0.3 is 0 Å². The molecule has 53 heavy (non-hydrogen) atoms. The molecule has 1 aliphatic rings. The lowest BCUT2D eigenvalue weighted by molar-refractivity contribution is 0.661. The van der Waals surface area contributed by atoms with Crippen molar-refractivity contribution in [1.82, 2.24) is 15.0 Å². The topological polar surface area (TPSA) is 38.7 Å². The summed E-state index contributed by atoms with van der Waals surface area (Å²) in [6.45, 7) is 4.72. The SMILES string of the molecule is CC1(C)c2cc3ccccc3cc2-c2c(-c3ccc(-c4cc(-c5cccc(-c6ccccn6)c5)nc(-c5ccccc5)n4)c4ccccc34)cccc21. The number of pyridine rings is 1. The van der Waals surface area contributed by atoms with E-state index in [0.717, 1.165) is 44.7 Å². The summed E-state index contributed by atoms with van der Waals surface area (Å²) in [5, 5.41) is 4.91. The number of hydrogen-bond acceptors (Lipinski definition) is 3.